The molecule has 1 aliphatic heterocycles. The van der Waals surface area contributed by atoms with Gasteiger partial charge in [-0.1, -0.05) is 0 Å². The van der Waals surface area contributed by atoms with Crippen LogP contribution in [-0.4, -0.2) is 11.5 Å². The second kappa shape index (κ2) is 4.71. The molecule has 0 fully saturated rings. The van der Waals surface area contributed by atoms with Crippen LogP contribution < -0.4 is 10.6 Å². The number of benzene rings is 1. The van der Waals surface area contributed by atoms with E-state index in [0.717, 1.165) is 34.9 Å². The molecule has 1 atom stereocenters. The van der Waals surface area contributed by atoms with Gasteiger partial charge in [-0.05, 0) is 49.4 Å². The minimum absolute atomic E-state index is 0.375. The second-order valence-corrected chi connectivity index (χ2v) is 7.77. The van der Waals surface area contributed by atoms with Crippen LogP contribution in [0.4, 0.5) is 11.4 Å². The van der Waals surface area contributed by atoms with E-state index in [0.29, 0.717) is 6.04 Å². The Labute approximate surface area is 132 Å². The van der Waals surface area contributed by atoms with Crippen LogP contribution in [0.15, 0.2) is 23.6 Å². The van der Waals surface area contributed by atoms with Gasteiger partial charge in [0.1, 0.15) is 0 Å². The smallest absolute Gasteiger partial charge is 0.0907 e. The van der Waals surface area contributed by atoms with Gasteiger partial charge in [-0.25, -0.2) is 4.98 Å². The Balaban J connectivity index is 1.81. The van der Waals surface area contributed by atoms with Crippen LogP contribution in [0.3, 0.4) is 0 Å². The van der Waals surface area contributed by atoms with Gasteiger partial charge in [0.2, 0.25) is 0 Å². The largest absolute Gasteiger partial charge is 0.397 e. The maximum Gasteiger partial charge on any atom is 0.0907 e. The minimum atomic E-state index is 0.375. The molecule has 2 aromatic heterocycles. The van der Waals surface area contributed by atoms with Crippen molar-refractivity contribution in [2.75, 3.05) is 17.2 Å². The lowest BCUT2D eigenvalue weighted by atomic mass is 10.0. The average molecular weight is 315 g/mol. The molecule has 0 aliphatic carbocycles. The van der Waals surface area contributed by atoms with E-state index < -0.39 is 0 Å². The fourth-order valence-electron chi connectivity index (χ4n) is 3.18. The lowest BCUT2D eigenvalue weighted by Gasteiger charge is -2.36. The zero-order valence-electron chi connectivity index (χ0n) is 12.1. The number of anilines is 2. The highest BCUT2D eigenvalue weighted by Gasteiger charge is 2.26. The van der Waals surface area contributed by atoms with Crippen molar-refractivity contribution in [2.45, 2.75) is 26.3 Å². The van der Waals surface area contributed by atoms with Crippen molar-refractivity contribution >= 4 is 44.3 Å². The van der Waals surface area contributed by atoms with Gasteiger partial charge in [-0.15, -0.1) is 22.7 Å². The standard InChI is InChI=1S/C16H17N3S2/c1-9-11-4-6-20-15(11)3-5-19(9)14-8-13-16(7-12(14)17)21-10(2)18-13/h4,6-9H,3,5,17H2,1-2H3. The van der Waals surface area contributed by atoms with Gasteiger partial charge in [0.15, 0.2) is 0 Å². The van der Waals surface area contributed by atoms with Gasteiger partial charge in [-0.3, -0.25) is 0 Å². The van der Waals surface area contributed by atoms with Crippen LogP contribution in [0.25, 0.3) is 10.2 Å². The number of nitrogen functional groups attached to an aromatic ring is 1. The van der Waals surface area contributed by atoms with Crippen molar-refractivity contribution in [1.29, 1.82) is 0 Å². The van der Waals surface area contributed by atoms with E-state index in [2.05, 4.69) is 40.4 Å². The number of hydrogen-bond donors (Lipinski definition) is 1. The third kappa shape index (κ3) is 2.03. The van der Waals surface area contributed by atoms with Crippen LogP contribution >= 0.6 is 22.7 Å². The Bertz CT molecular complexity index is 818. The molecule has 0 bridgehead atoms. The van der Waals surface area contributed by atoms with Gasteiger partial charge < -0.3 is 10.6 Å². The lowest BCUT2D eigenvalue weighted by molar-refractivity contribution is 0.634. The minimum Gasteiger partial charge on any atom is -0.397 e. The van der Waals surface area contributed by atoms with Crippen molar-refractivity contribution in [1.82, 2.24) is 4.98 Å². The Morgan fingerprint density at radius 3 is 3.10 bits per heavy atom. The fraction of sp³-hybridized carbons (Fsp3) is 0.312. The molecule has 108 valence electrons. The molecule has 21 heavy (non-hydrogen) atoms. The van der Waals surface area contributed by atoms with Crippen molar-refractivity contribution in [3.63, 3.8) is 0 Å². The molecule has 3 heterocycles. The van der Waals surface area contributed by atoms with Gasteiger partial charge in [0.25, 0.3) is 0 Å². The third-order valence-electron chi connectivity index (χ3n) is 4.23. The highest BCUT2D eigenvalue weighted by atomic mass is 32.1. The SMILES string of the molecule is Cc1nc2cc(N3CCc4sccc4C3C)c(N)cc2s1. The van der Waals surface area contributed by atoms with Crippen LogP contribution in [0.1, 0.15) is 28.4 Å². The van der Waals surface area contributed by atoms with E-state index in [-0.39, 0.29) is 0 Å². The number of aromatic nitrogens is 1. The summed E-state index contributed by atoms with van der Waals surface area (Å²) in [5, 5.41) is 3.29. The number of fused-ring (bicyclic) bond motifs is 2. The zero-order chi connectivity index (χ0) is 14.6. The molecule has 0 radical (unpaired) electrons. The van der Waals surface area contributed by atoms with Gasteiger partial charge in [-0.2, -0.15) is 0 Å². The fourth-order valence-corrected chi connectivity index (χ4v) is 5.00. The summed E-state index contributed by atoms with van der Waals surface area (Å²) >= 11 is 3.57. The molecule has 1 aliphatic rings. The average Bonchev–Trinajstić information content (AvgIpc) is 3.04. The molecule has 0 spiro atoms. The Morgan fingerprint density at radius 2 is 2.24 bits per heavy atom. The summed E-state index contributed by atoms with van der Waals surface area (Å²) in [6, 6.07) is 6.85. The molecular formula is C16H17N3S2. The number of rotatable bonds is 1. The highest BCUT2D eigenvalue weighted by molar-refractivity contribution is 7.18. The number of thiophene rings is 1. The second-order valence-electron chi connectivity index (χ2n) is 5.53. The molecule has 2 N–H and O–H groups in total. The summed E-state index contributed by atoms with van der Waals surface area (Å²) < 4.78 is 1.18. The maximum absolute atomic E-state index is 6.32. The van der Waals surface area contributed by atoms with Crippen LogP contribution in [-0.2, 0) is 6.42 Å². The summed E-state index contributed by atoms with van der Waals surface area (Å²) in [5.74, 6) is 0. The molecule has 1 unspecified atom stereocenters. The van der Waals surface area contributed by atoms with Crippen molar-refractivity contribution in [2.24, 2.45) is 0 Å². The molecular weight excluding hydrogens is 298 g/mol. The Hall–Kier alpha value is -1.59. The van der Waals surface area contributed by atoms with Gasteiger partial charge >= 0.3 is 0 Å². The summed E-state index contributed by atoms with van der Waals surface area (Å²) in [6.07, 6.45) is 1.10. The molecule has 0 saturated carbocycles. The monoisotopic (exact) mass is 315 g/mol. The van der Waals surface area contributed by atoms with Crippen molar-refractivity contribution < 1.29 is 0 Å². The first-order chi connectivity index (χ1) is 10.1. The van der Waals surface area contributed by atoms with E-state index in [1.165, 1.54) is 15.1 Å². The third-order valence-corrected chi connectivity index (χ3v) is 6.16. The molecule has 5 heteroatoms. The van der Waals surface area contributed by atoms with E-state index in [4.69, 9.17) is 5.73 Å². The molecule has 0 saturated heterocycles. The normalized spacial score (nSPS) is 18.2. The summed E-state index contributed by atoms with van der Waals surface area (Å²) in [7, 11) is 0. The summed E-state index contributed by atoms with van der Waals surface area (Å²) in [6.45, 7) is 5.33. The zero-order valence-corrected chi connectivity index (χ0v) is 13.7. The number of nitrogens with two attached hydrogens (primary N) is 1. The quantitative estimate of drug-likeness (QED) is 0.678. The molecule has 3 aromatic rings. The topological polar surface area (TPSA) is 42.2 Å². The van der Waals surface area contributed by atoms with Crippen LogP contribution in [0.5, 0.6) is 0 Å². The maximum atomic E-state index is 6.32. The van der Waals surface area contributed by atoms with Crippen molar-refractivity contribution in [3.05, 3.63) is 39.0 Å². The highest BCUT2D eigenvalue weighted by Crippen LogP contribution is 2.40. The van der Waals surface area contributed by atoms with E-state index in [1.54, 1.807) is 11.3 Å². The van der Waals surface area contributed by atoms with Crippen LogP contribution in [0, 0.1) is 6.92 Å². The molecule has 3 nitrogen and oxygen atoms in total. The first-order valence-corrected chi connectivity index (χ1v) is 8.82. The number of thiazole rings is 1. The number of aryl methyl sites for hydroxylation is 1. The molecule has 4 rings (SSSR count). The number of nitrogens with zero attached hydrogens (tertiary/aromatic N) is 2. The Morgan fingerprint density at radius 1 is 1.38 bits per heavy atom. The van der Waals surface area contributed by atoms with Crippen molar-refractivity contribution in [3.8, 4) is 0 Å². The molecule has 0 amide bonds. The van der Waals surface area contributed by atoms with Gasteiger partial charge in [0.05, 0.1) is 32.6 Å². The summed E-state index contributed by atoms with van der Waals surface area (Å²) in [4.78, 5) is 8.54. The summed E-state index contributed by atoms with van der Waals surface area (Å²) in [5.41, 5.74) is 10.8. The lowest BCUT2D eigenvalue weighted by Crippen LogP contribution is -2.33. The first-order valence-electron chi connectivity index (χ1n) is 7.13. The van der Waals surface area contributed by atoms with E-state index >= 15 is 0 Å². The van der Waals surface area contributed by atoms with Gasteiger partial charge in [0, 0.05) is 11.4 Å². The Kier molecular flexibility index (Phi) is 2.94. The first kappa shape index (κ1) is 13.1. The predicted molar refractivity (Wildman–Crippen MR) is 92.6 cm³/mol. The van der Waals surface area contributed by atoms with Crippen LogP contribution in [0.2, 0.25) is 0 Å². The van der Waals surface area contributed by atoms with E-state index in [9.17, 15) is 0 Å². The van der Waals surface area contributed by atoms with E-state index in [1.807, 2.05) is 18.3 Å². The predicted octanol–water partition coefficient (Wildman–Crippen LogP) is 4.37. The molecule has 1 aromatic carbocycles. The number of hydrogen-bond acceptors (Lipinski definition) is 5.